The van der Waals surface area contributed by atoms with Gasteiger partial charge in [-0.3, -0.25) is 9.48 Å². The predicted octanol–water partition coefficient (Wildman–Crippen LogP) is 5.45. The molecule has 0 amide bonds. The van der Waals surface area contributed by atoms with Gasteiger partial charge in [-0.1, -0.05) is 65.3 Å². The lowest BCUT2D eigenvalue weighted by atomic mass is 9.51. The number of halogens is 1. The predicted molar refractivity (Wildman–Crippen MR) is 123 cm³/mol. The van der Waals surface area contributed by atoms with Gasteiger partial charge in [0.25, 0.3) is 0 Å². The van der Waals surface area contributed by atoms with Gasteiger partial charge >= 0.3 is 0 Å². The average molecular weight is 474 g/mol. The summed E-state index contributed by atoms with van der Waals surface area (Å²) in [6.45, 7) is 2.01. The number of rotatable bonds is 2. The Kier molecular flexibility index (Phi) is 4.86. The van der Waals surface area contributed by atoms with E-state index in [1.165, 1.54) is 11.1 Å². The summed E-state index contributed by atoms with van der Waals surface area (Å²) in [5, 5.41) is 14.9. The van der Waals surface area contributed by atoms with Crippen molar-refractivity contribution in [3.05, 3.63) is 75.9 Å². The van der Waals surface area contributed by atoms with Crippen LogP contribution in [0.3, 0.4) is 0 Å². The van der Waals surface area contributed by atoms with Gasteiger partial charge in [0, 0.05) is 34.0 Å². The average Bonchev–Trinajstić information content (AvgIpc) is 3.13. The first-order valence-corrected chi connectivity index (χ1v) is 11.6. The van der Waals surface area contributed by atoms with E-state index in [4.69, 9.17) is 5.10 Å². The third-order valence-electron chi connectivity index (χ3n) is 7.37. The number of aromatic nitrogens is 2. The fourth-order valence-electron chi connectivity index (χ4n) is 6.06. The third-order valence-corrected chi connectivity index (χ3v) is 7.86. The van der Waals surface area contributed by atoms with Crippen LogP contribution in [0.1, 0.15) is 36.6 Å². The van der Waals surface area contributed by atoms with Crippen molar-refractivity contribution in [2.45, 2.75) is 31.6 Å². The van der Waals surface area contributed by atoms with Crippen molar-refractivity contribution in [1.29, 1.82) is 5.26 Å². The zero-order chi connectivity index (χ0) is 21.8. The summed E-state index contributed by atoms with van der Waals surface area (Å²) < 4.78 is 3.02. The van der Waals surface area contributed by atoms with Crippen LogP contribution in [0.25, 0.3) is 11.3 Å². The standard InChI is InChI=1S/C26H24BrN3O/c1-16-22-12-11-21-23(17-7-6-10-20(27)13-17)30(2)29-25(21)26(22,14-18(15-28)24(16)31)19-8-4-3-5-9-19/h3-10,13,16,18,22H,11-12,14H2,1-2H3/t16-,18?,22-,26-/m0/s1. The monoisotopic (exact) mass is 473 g/mol. The fourth-order valence-corrected chi connectivity index (χ4v) is 6.46. The van der Waals surface area contributed by atoms with Crippen LogP contribution >= 0.6 is 15.9 Å². The summed E-state index contributed by atoms with van der Waals surface area (Å²) in [4.78, 5) is 13.0. The Hall–Kier alpha value is -2.71. The highest BCUT2D eigenvalue weighted by atomic mass is 79.9. The Balaban J connectivity index is 1.79. The molecule has 3 aromatic rings. The maximum Gasteiger partial charge on any atom is 0.153 e. The number of carbonyl (C=O) groups excluding carboxylic acids is 1. The molecule has 2 aliphatic rings. The van der Waals surface area contributed by atoms with Gasteiger partial charge in [-0.25, -0.2) is 0 Å². The van der Waals surface area contributed by atoms with Crippen molar-refractivity contribution >= 4 is 21.7 Å². The van der Waals surface area contributed by atoms with Gasteiger partial charge in [0.15, 0.2) is 5.78 Å². The van der Waals surface area contributed by atoms with E-state index < -0.39 is 11.3 Å². The lowest BCUT2D eigenvalue weighted by molar-refractivity contribution is -0.131. The molecule has 1 aromatic heterocycles. The van der Waals surface area contributed by atoms with Crippen molar-refractivity contribution < 1.29 is 4.79 Å². The minimum atomic E-state index is -0.603. The van der Waals surface area contributed by atoms with Crippen molar-refractivity contribution in [2.75, 3.05) is 0 Å². The molecule has 1 saturated carbocycles. The van der Waals surface area contributed by atoms with Crippen LogP contribution in [0.4, 0.5) is 0 Å². The molecule has 5 rings (SSSR count). The molecule has 4 atom stereocenters. The van der Waals surface area contributed by atoms with Crippen molar-refractivity contribution in [3.8, 4) is 17.3 Å². The number of benzene rings is 2. The van der Waals surface area contributed by atoms with E-state index in [2.05, 4.69) is 58.4 Å². The molecule has 1 heterocycles. The van der Waals surface area contributed by atoms with Gasteiger partial charge in [-0.2, -0.15) is 10.4 Å². The molecule has 0 N–H and O–H groups in total. The Morgan fingerprint density at radius 3 is 2.68 bits per heavy atom. The van der Waals surface area contributed by atoms with Gasteiger partial charge in [0.2, 0.25) is 0 Å². The van der Waals surface area contributed by atoms with E-state index in [0.29, 0.717) is 6.42 Å². The van der Waals surface area contributed by atoms with E-state index in [0.717, 1.165) is 34.3 Å². The van der Waals surface area contributed by atoms with Crippen LogP contribution in [0.2, 0.25) is 0 Å². The normalized spacial score (nSPS) is 27.3. The van der Waals surface area contributed by atoms with E-state index in [1.54, 1.807) is 0 Å². The number of hydrogen-bond acceptors (Lipinski definition) is 3. The van der Waals surface area contributed by atoms with Crippen LogP contribution in [0.15, 0.2) is 59.1 Å². The molecule has 0 bridgehead atoms. The van der Waals surface area contributed by atoms with Gasteiger partial charge < -0.3 is 0 Å². The minimum Gasteiger partial charge on any atom is -0.298 e. The molecule has 0 radical (unpaired) electrons. The quantitative estimate of drug-likeness (QED) is 0.497. The second-order valence-electron chi connectivity index (χ2n) is 8.87. The first-order valence-electron chi connectivity index (χ1n) is 10.8. The van der Waals surface area contributed by atoms with E-state index in [1.807, 2.05) is 36.9 Å². The molecule has 31 heavy (non-hydrogen) atoms. The zero-order valence-corrected chi connectivity index (χ0v) is 19.3. The molecule has 5 heteroatoms. The van der Waals surface area contributed by atoms with Crippen LogP contribution < -0.4 is 0 Å². The molecular weight excluding hydrogens is 450 g/mol. The van der Waals surface area contributed by atoms with Crippen LogP contribution in [-0.2, 0) is 23.7 Å². The topological polar surface area (TPSA) is 58.7 Å². The molecule has 0 spiro atoms. The number of fused-ring (bicyclic) bond motifs is 3. The number of hydrogen-bond donors (Lipinski definition) is 0. The summed E-state index contributed by atoms with van der Waals surface area (Å²) in [5.41, 5.74) is 5.29. The summed E-state index contributed by atoms with van der Waals surface area (Å²) in [7, 11) is 2.00. The van der Waals surface area contributed by atoms with Gasteiger partial charge in [0.05, 0.1) is 17.5 Å². The maximum absolute atomic E-state index is 13.0. The molecule has 156 valence electrons. The molecule has 1 fully saturated rings. The molecule has 2 aromatic carbocycles. The van der Waals surface area contributed by atoms with Crippen LogP contribution in [0.5, 0.6) is 0 Å². The molecular formula is C26H24BrN3O. The van der Waals surface area contributed by atoms with Crippen molar-refractivity contribution in [3.63, 3.8) is 0 Å². The largest absolute Gasteiger partial charge is 0.298 e. The number of aryl methyl sites for hydroxylation is 1. The third kappa shape index (κ3) is 2.92. The van der Waals surface area contributed by atoms with E-state index in [-0.39, 0.29) is 17.6 Å². The highest BCUT2D eigenvalue weighted by Gasteiger charge is 2.57. The Labute approximate surface area is 191 Å². The Bertz CT molecular complexity index is 1210. The zero-order valence-electron chi connectivity index (χ0n) is 17.7. The summed E-state index contributed by atoms with van der Waals surface area (Å²) >= 11 is 3.60. The van der Waals surface area contributed by atoms with Crippen molar-refractivity contribution in [2.24, 2.45) is 24.8 Å². The molecule has 2 aliphatic carbocycles. The number of nitrogens with zero attached hydrogens (tertiary/aromatic N) is 3. The minimum absolute atomic E-state index is 0.0886. The van der Waals surface area contributed by atoms with E-state index in [9.17, 15) is 10.1 Å². The van der Waals surface area contributed by atoms with Gasteiger partial charge in [-0.15, -0.1) is 0 Å². The first-order chi connectivity index (χ1) is 15.0. The fraction of sp³-hybridized carbons (Fsp3) is 0.346. The Morgan fingerprint density at radius 1 is 1.19 bits per heavy atom. The smallest absolute Gasteiger partial charge is 0.153 e. The van der Waals surface area contributed by atoms with Gasteiger partial charge in [-0.05, 0) is 42.9 Å². The highest BCUT2D eigenvalue weighted by molar-refractivity contribution is 9.10. The maximum atomic E-state index is 13.0. The lowest BCUT2D eigenvalue weighted by Gasteiger charge is -2.50. The van der Waals surface area contributed by atoms with E-state index >= 15 is 0 Å². The number of Topliss-reactive ketones (excluding diaryl/α,β-unsaturated/α-hetero) is 1. The summed E-state index contributed by atoms with van der Waals surface area (Å²) in [6, 6.07) is 21.0. The number of ketones is 1. The lowest BCUT2D eigenvalue weighted by Crippen LogP contribution is -2.52. The number of nitriles is 1. The SMILES string of the molecule is C[C@@H]1C(=O)C(C#N)C[C@@]2(c3ccccc3)c3nn(C)c(-c4cccc(Br)c4)c3CC[C@@H]12. The molecule has 0 saturated heterocycles. The van der Waals surface area contributed by atoms with Gasteiger partial charge in [0.1, 0.15) is 5.92 Å². The first kappa shape index (κ1) is 20.2. The van der Waals surface area contributed by atoms with Crippen molar-refractivity contribution in [1.82, 2.24) is 9.78 Å². The van der Waals surface area contributed by atoms with Crippen LogP contribution in [-0.4, -0.2) is 15.6 Å². The molecule has 4 nitrogen and oxygen atoms in total. The van der Waals surface area contributed by atoms with Crippen LogP contribution in [0, 0.1) is 29.1 Å². The summed E-state index contributed by atoms with van der Waals surface area (Å²) in [6.07, 6.45) is 2.31. The molecule has 1 unspecified atom stereocenters. The summed E-state index contributed by atoms with van der Waals surface area (Å²) in [5.74, 6) is -0.535. The molecule has 0 aliphatic heterocycles. The highest BCUT2D eigenvalue weighted by Crippen LogP contribution is 2.57. The number of carbonyl (C=O) groups is 1. The Morgan fingerprint density at radius 2 is 1.97 bits per heavy atom. The second-order valence-corrected chi connectivity index (χ2v) is 9.78. The second kappa shape index (κ2) is 7.46.